The molecular weight excluding hydrogens is 332 g/mol. The van der Waals surface area contributed by atoms with Crippen molar-refractivity contribution in [3.05, 3.63) is 53.9 Å². The topological polar surface area (TPSA) is 111 Å². The van der Waals surface area contributed by atoms with Gasteiger partial charge in [-0.2, -0.15) is 0 Å². The Morgan fingerprint density at radius 2 is 1.96 bits per heavy atom. The molecule has 134 valence electrons. The molecule has 0 aliphatic carbocycles. The second-order valence-electron chi connectivity index (χ2n) is 5.72. The summed E-state index contributed by atoms with van der Waals surface area (Å²) in [4.78, 5) is 32.9. The highest BCUT2D eigenvalue weighted by Crippen LogP contribution is 2.14. The Hall–Kier alpha value is -3.36. The predicted molar refractivity (Wildman–Crippen MR) is 96.2 cm³/mol. The molecule has 3 heterocycles. The largest absolute Gasteiger partial charge is 0.368 e. The second-order valence-corrected chi connectivity index (χ2v) is 5.72. The number of aryl methyl sites for hydroxylation is 2. The summed E-state index contributed by atoms with van der Waals surface area (Å²) < 4.78 is 1.92. The molecule has 3 aromatic heterocycles. The van der Waals surface area contributed by atoms with Gasteiger partial charge >= 0.3 is 0 Å². The molecule has 1 amide bonds. The summed E-state index contributed by atoms with van der Waals surface area (Å²) in [6.07, 6.45) is 6.19. The smallest absolute Gasteiger partial charge is 0.271 e. The maximum atomic E-state index is 11.9. The molecule has 9 nitrogen and oxygen atoms in total. The number of carbonyl (C=O) groups is 1. The molecule has 26 heavy (non-hydrogen) atoms. The van der Waals surface area contributed by atoms with Crippen molar-refractivity contribution in [2.24, 2.45) is 0 Å². The lowest BCUT2D eigenvalue weighted by Gasteiger charge is -2.10. The zero-order chi connectivity index (χ0) is 18.5. The fraction of sp³-hybridized carbons (Fsp3) is 0.294. The van der Waals surface area contributed by atoms with Crippen LogP contribution in [0, 0.1) is 20.8 Å². The number of nitrogens with one attached hydrogen (secondary N) is 2. The minimum Gasteiger partial charge on any atom is -0.368 e. The van der Waals surface area contributed by atoms with Crippen LogP contribution < -0.4 is 10.6 Å². The number of hydrogen-bond acceptors (Lipinski definition) is 7. The predicted octanol–water partition coefficient (Wildman–Crippen LogP) is 1.22. The fourth-order valence-corrected chi connectivity index (χ4v) is 2.37. The minimum absolute atomic E-state index is 0.260. The van der Waals surface area contributed by atoms with Crippen LogP contribution in [0.4, 0.5) is 5.82 Å². The van der Waals surface area contributed by atoms with Gasteiger partial charge in [0.25, 0.3) is 5.91 Å². The Morgan fingerprint density at radius 3 is 2.65 bits per heavy atom. The molecule has 0 aliphatic heterocycles. The summed E-state index contributed by atoms with van der Waals surface area (Å²) in [5, 5.41) is 5.97. The van der Waals surface area contributed by atoms with Crippen LogP contribution in [0.25, 0.3) is 5.82 Å². The van der Waals surface area contributed by atoms with Crippen LogP contribution in [0.3, 0.4) is 0 Å². The lowest BCUT2D eigenvalue weighted by Crippen LogP contribution is -2.29. The highest BCUT2D eigenvalue weighted by Gasteiger charge is 2.09. The van der Waals surface area contributed by atoms with E-state index in [1.165, 1.54) is 18.6 Å². The number of imidazole rings is 1. The van der Waals surface area contributed by atoms with Crippen molar-refractivity contribution < 1.29 is 4.79 Å². The van der Waals surface area contributed by atoms with Crippen molar-refractivity contribution in [3.63, 3.8) is 0 Å². The monoisotopic (exact) mass is 352 g/mol. The fourth-order valence-electron chi connectivity index (χ4n) is 2.37. The van der Waals surface area contributed by atoms with Crippen LogP contribution in [-0.4, -0.2) is 48.5 Å². The number of carbonyl (C=O) groups excluding carboxylic acids is 1. The number of rotatable bonds is 6. The zero-order valence-corrected chi connectivity index (χ0v) is 14.9. The van der Waals surface area contributed by atoms with Gasteiger partial charge in [0.2, 0.25) is 0 Å². The van der Waals surface area contributed by atoms with Crippen molar-refractivity contribution >= 4 is 11.7 Å². The maximum absolute atomic E-state index is 11.9. The van der Waals surface area contributed by atoms with Crippen molar-refractivity contribution in [3.8, 4) is 5.82 Å². The summed E-state index contributed by atoms with van der Waals surface area (Å²) in [6.45, 7) is 6.73. The van der Waals surface area contributed by atoms with E-state index < -0.39 is 0 Å². The molecule has 9 heteroatoms. The van der Waals surface area contributed by atoms with E-state index in [0.29, 0.717) is 30.4 Å². The molecule has 0 bridgehead atoms. The molecule has 0 spiro atoms. The Kier molecular flexibility index (Phi) is 5.16. The molecule has 3 rings (SSSR count). The van der Waals surface area contributed by atoms with E-state index in [1.807, 2.05) is 31.4 Å². The van der Waals surface area contributed by atoms with Gasteiger partial charge in [0.15, 0.2) is 0 Å². The van der Waals surface area contributed by atoms with E-state index >= 15 is 0 Å². The van der Waals surface area contributed by atoms with Gasteiger partial charge in [-0.1, -0.05) is 0 Å². The molecule has 0 atom stereocenters. The average Bonchev–Trinajstić information content (AvgIpc) is 2.98. The molecular formula is C17H20N8O. The third-order valence-electron chi connectivity index (χ3n) is 3.84. The summed E-state index contributed by atoms with van der Waals surface area (Å²) >= 11 is 0. The molecule has 0 saturated heterocycles. The number of amides is 1. The first-order valence-electron chi connectivity index (χ1n) is 8.19. The van der Waals surface area contributed by atoms with Crippen LogP contribution in [0.1, 0.15) is 27.7 Å². The maximum Gasteiger partial charge on any atom is 0.271 e. The highest BCUT2D eigenvalue weighted by atomic mass is 16.1. The minimum atomic E-state index is -0.260. The van der Waals surface area contributed by atoms with Crippen LogP contribution in [-0.2, 0) is 0 Å². The molecule has 2 N–H and O–H groups in total. The lowest BCUT2D eigenvalue weighted by atomic mass is 10.3. The standard InChI is InChI=1S/C17H20N8O/c1-11-12(2)25(10-22-11)16-8-15(23-13(3)24-16)20-6-7-21-17(26)14-9-18-4-5-19-14/h4-5,8-10H,6-7H2,1-3H3,(H,21,26)(H,20,23,24). The number of nitrogens with zero attached hydrogens (tertiary/aromatic N) is 6. The van der Waals surface area contributed by atoms with Crippen LogP contribution in [0.5, 0.6) is 0 Å². The van der Waals surface area contributed by atoms with E-state index in [0.717, 1.165) is 17.2 Å². The van der Waals surface area contributed by atoms with Gasteiger partial charge in [0.05, 0.1) is 11.9 Å². The summed E-state index contributed by atoms with van der Waals surface area (Å²) in [6, 6.07) is 1.85. The first-order valence-corrected chi connectivity index (χ1v) is 8.19. The van der Waals surface area contributed by atoms with Crippen LogP contribution in [0.2, 0.25) is 0 Å². The van der Waals surface area contributed by atoms with E-state index in [9.17, 15) is 4.79 Å². The van der Waals surface area contributed by atoms with Gasteiger partial charge in [-0.05, 0) is 20.8 Å². The van der Waals surface area contributed by atoms with Gasteiger partial charge in [0.1, 0.15) is 29.5 Å². The van der Waals surface area contributed by atoms with E-state index in [2.05, 4.69) is 35.6 Å². The lowest BCUT2D eigenvalue weighted by molar-refractivity contribution is 0.0950. The molecule has 0 fully saturated rings. The SMILES string of the molecule is Cc1nc(NCCNC(=O)c2cnccn2)cc(-n2cnc(C)c2C)n1. The third-order valence-corrected chi connectivity index (χ3v) is 3.84. The number of aromatic nitrogens is 6. The number of anilines is 1. The Bertz CT molecular complexity index is 906. The van der Waals surface area contributed by atoms with Crippen molar-refractivity contribution in [2.75, 3.05) is 18.4 Å². The Morgan fingerprint density at radius 1 is 1.12 bits per heavy atom. The van der Waals surface area contributed by atoms with E-state index in [4.69, 9.17) is 0 Å². The van der Waals surface area contributed by atoms with E-state index in [1.54, 1.807) is 6.33 Å². The Labute approximate surface area is 151 Å². The molecule has 3 aromatic rings. The van der Waals surface area contributed by atoms with Crippen molar-refractivity contribution in [2.45, 2.75) is 20.8 Å². The second kappa shape index (κ2) is 7.68. The van der Waals surface area contributed by atoms with Crippen molar-refractivity contribution in [1.29, 1.82) is 0 Å². The van der Waals surface area contributed by atoms with Crippen molar-refractivity contribution in [1.82, 2.24) is 34.8 Å². The molecule has 0 saturated carbocycles. The van der Waals surface area contributed by atoms with Crippen LogP contribution in [0.15, 0.2) is 31.0 Å². The first kappa shape index (κ1) is 17.5. The quantitative estimate of drug-likeness (QED) is 0.642. The Balaban J connectivity index is 1.60. The van der Waals surface area contributed by atoms with Gasteiger partial charge < -0.3 is 10.6 Å². The third kappa shape index (κ3) is 4.00. The molecule has 0 radical (unpaired) electrons. The first-order chi connectivity index (χ1) is 12.5. The average molecular weight is 352 g/mol. The van der Waals surface area contributed by atoms with Gasteiger partial charge in [-0.15, -0.1) is 0 Å². The summed E-state index contributed by atoms with van der Waals surface area (Å²) in [5.74, 6) is 1.83. The zero-order valence-electron chi connectivity index (χ0n) is 14.9. The van der Waals surface area contributed by atoms with Gasteiger partial charge in [-0.3, -0.25) is 14.3 Å². The van der Waals surface area contributed by atoms with Gasteiger partial charge in [-0.25, -0.2) is 19.9 Å². The summed E-state index contributed by atoms with van der Waals surface area (Å²) in [7, 11) is 0. The van der Waals surface area contributed by atoms with E-state index in [-0.39, 0.29) is 5.91 Å². The van der Waals surface area contributed by atoms with Gasteiger partial charge in [0, 0.05) is 37.2 Å². The number of hydrogen-bond donors (Lipinski definition) is 2. The molecule has 0 unspecified atom stereocenters. The summed E-state index contributed by atoms with van der Waals surface area (Å²) in [5.41, 5.74) is 2.28. The molecule has 0 aliphatic rings. The normalized spacial score (nSPS) is 10.6. The molecule has 0 aromatic carbocycles. The highest BCUT2D eigenvalue weighted by molar-refractivity contribution is 5.91. The van der Waals surface area contributed by atoms with Crippen LogP contribution >= 0.6 is 0 Å².